The van der Waals surface area contributed by atoms with Crippen LogP contribution in [0.4, 0.5) is 5.69 Å². The molecule has 1 aromatic carbocycles. The largest absolute Gasteiger partial charge is 0.340 e. The number of carbonyl (C=O) groups is 1. The molecule has 0 bridgehead atoms. The van der Waals surface area contributed by atoms with Crippen molar-refractivity contribution in [2.75, 3.05) is 5.32 Å². The van der Waals surface area contributed by atoms with E-state index in [1.165, 1.54) is 18.4 Å². The van der Waals surface area contributed by atoms with Gasteiger partial charge in [0.05, 0.1) is 0 Å². The van der Waals surface area contributed by atoms with Crippen LogP contribution in [-0.4, -0.2) is 10.5 Å². The first-order valence-corrected chi connectivity index (χ1v) is 8.06. The molecule has 23 heavy (non-hydrogen) atoms. The van der Waals surface area contributed by atoms with Crippen molar-refractivity contribution in [3.8, 4) is 0 Å². The molecule has 0 spiro atoms. The fourth-order valence-electron chi connectivity index (χ4n) is 2.62. The van der Waals surface area contributed by atoms with E-state index in [0.29, 0.717) is 0 Å². The molecule has 4 heteroatoms. The third-order valence-corrected chi connectivity index (χ3v) is 3.91. The molecule has 1 N–H and O–H groups in total. The number of amides is 1. The lowest BCUT2D eigenvalue weighted by Crippen LogP contribution is -2.23. The van der Waals surface area contributed by atoms with E-state index >= 15 is 0 Å². The van der Waals surface area contributed by atoms with Crippen molar-refractivity contribution in [2.24, 2.45) is 0 Å². The number of rotatable bonds is 6. The Labute approximate surface area is 137 Å². The molecule has 2 rings (SSSR count). The van der Waals surface area contributed by atoms with E-state index in [9.17, 15) is 9.59 Å². The molecule has 1 aromatic heterocycles. The van der Waals surface area contributed by atoms with E-state index in [4.69, 9.17) is 0 Å². The number of pyridine rings is 1. The SMILES string of the molecule is CCCCc1ccc(NC(=O)Cn2c(C)cc(=O)cc2C)cc1. The summed E-state index contributed by atoms with van der Waals surface area (Å²) in [5.41, 5.74) is 3.64. The minimum absolute atomic E-state index is 0.0284. The number of nitrogens with zero attached hydrogens (tertiary/aromatic N) is 1. The van der Waals surface area contributed by atoms with Gasteiger partial charge in [-0.2, -0.15) is 0 Å². The van der Waals surface area contributed by atoms with Crippen LogP contribution in [0, 0.1) is 13.8 Å². The molecular formula is C19H24N2O2. The van der Waals surface area contributed by atoms with Crippen molar-refractivity contribution >= 4 is 11.6 Å². The Morgan fingerprint density at radius 2 is 1.70 bits per heavy atom. The Morgan fingerprint density at radius 3 is 2.26 bits per heavy atom. The van der Waals surface area contributed by atoms with Crippen LogP contribution in [0.3, 0.4) is 0 Å². The molecule has 0 aliphatic carbocycles. The van der Waals surface area contributed by atoms with Crippen LogP contribution < -0.4 is 10.7 Å². The molecule has 0 atom stereocenters. The minimum Gasteiger partial charge on any atom is -0.340 e. The molecule has 0 aliphatic heterocycles. The normalized spacial score (nSPS) is 10.6. The van der Waals surface area contributed by atoms with E-state index < -0.39 is 0 Å². The monoisotopic (exact) mass is 312 g/mol. The molecule has 0 fully saturated rings. The second-order valence-corrected chi connectivity index (χ2v) is 5.91. The summed E-state index contributed by atoms with van der Waals surface area (Å²) in [5.74, 6) is -0.0962. The third-order valence-electron chi connectivity index (χ3n) is 3.91. The van der Waals surface area contributed by atoms with Crippen LogP contribution in [0.1, 0.15) is 36.7 Å². The average molecular weight is 312 g/mol. The molecule has 1 heterocycles. The van der Waals surface area contributed by atoms with Gasteiger partial charge in [-0.15, -0.1) is 0 Å². The number of nitrogens with one attached hydrogen (secondary N) is 1. The van der Waals surface area contributed by atoms with Gasteiger partial charge in [-0.05, 0) is 44.4 Å². The van der Waals surface area contributed by atoms with E-state index in [0.717, 1.165) is 23.5 Å². The third kappa shape index (κ3) is 4.81. The van der Waals surface area contributed by atoms with Crippen LogP contribution in [0.15, 0.2) is 41.2 Å². The second kappa shape index (κ2) is 7.77. The Balaban J connectivity index is 2.01. The number of unbranched alkanes of at least 4 members (excludes halogenated alkanes) is 1. The fraction of sp³-hybridized carbons (Fsp3) is 0.368. The molecule has 122 valence electrons. The summed E-state index contributed by atoms with van der Waals surface area (Å²) in [6.07, 6.45) is 3.42. The predicted molar refractivity (Wildman–Crippen MR) is 93.9 cm³/mol. The number of benzene rings is 1. The summed E-state index contributed by atoms with van der Waals surface area (Å²) in [4.78, 5) is 23.7. The first-order valence-electron chi connectivity index (χ1n) is 8.06. The molecule has 0 radical (unpaired) electrons. The van der Waals surface area contributed by atoms with Gasteiger partial charge < -0.3 is 9.88 Å². The van der Waals surface area contributed by atoms with E-state index in [2.05, 4.69) is 24.4 Å². The van der Waals surface area contributed by atoms with Gasteiger partial charge in [-0.25, -0.2) is 0 Å². The highest BCUT2D eigenvalue weighted by atomic mass is 16.2. The van der Waals surface area contributed by atoms with Crippen molar-refractivity contribution in [3.63, 3.8) is 0 Å². The highest BCUT2D eigenvalue weighted by Gasteiger charge is 2.07. The van der Waals surface area contributed by atoms with Crippen molar-refractivity contribution < 1.29 is 4.79 Å². The summed E-state index contributed by atoms with van der Waals surface area (Å²) < 4.78 is 1.84. The van der Waals surface area contributed by atoms with Crippen LogP contribution in [-0.2, 0) is 17.8 Å². The van der Waals surface area contributed by atoms with Gasteiger partial charge in [0.2, 0.25) is 5.91 Å². The van der Waals surface area contributed by atoms with Crippen molar-refractivity contribution in [1.29, 1.82) is 0 Å². The number of hydrogen-bond donors (Lipinski definition) is 1. The Hall–Kier alpha value is -2.36. The van der Waals surface area contributed by atoms with Gasteiger partial charge in [0.15, 0.2) is 5.43 Å². The van der Waals surface area contributed by atoms with Crippen molar-refractivity contribution in [3.05, 3.63) is 63.6 Å². The first-order chi connectivity index (χ1) is 11.0. The number of aromatic nitrogens is 1. The van der Waals surface area contributed by atoms with E-state index in [1.54, 1.807) is 12.1 Å². The number of anilines is 1. The Morgan fingerprint density at radius 1 is 1.09 bits per heavy atom. The maximum atomic E-state index is 12.2. The standard InChI is InChI=1S/C19H24N2O2/c1-4-5-6-16-7-9-17(10-8-16)20-19(23)13-21-14(2)11-18(22)12-15(21)3/h7-12H,4-6,13H2,1-3H3,(H,20,23). The summed E-state index contributed by atoms with van der Waals surface area (Å²) in [6.45, 7) is 6.06. The Bertz CT molecular complexity index is 704. The molecular weight excluding hydrogens is 288 g/mol. The minimum atomic E-state index is -0.0962. The van der Waals surface area contributed by atoms with E-state index in [1.807, 2.05) is 30.5 Å². The van der Waals surface area contributed by atoms with Gasteiger partial charge in [-0.3, -0.25) is 9.59 Å². The lowest BCUT2D eigenvalue weighted by Gasteiger charge is -2.14. The maximum absolute atomic E-state index is 12.2. The summed E-state index contributed by atoms with van der Waals surface area (Å²) in [5, 5.41) is 2.90. The summed E-state index contributed by atoms with van der Waals surface area (Å²) >= 11 is 0. The lowest BCUT2D eigenvalue weighted by molar-refractivity contribution is -0.116. The average Bonchev–Trinajstić information content (AvgIpc) is 2.50. The molecule has 0 saturated carbocycles. The molecule has 0 saturated heterocycles. The first kappa shape index (κ1) is 17.0. The van der Waals surface area contributed by atoms with Crippen LogP contribution in [0.25, 0.3) is 0 Å². The number of carbonyl (C=O) groups excluding carboxylic acids is 1. The molecule has 1 amide bonds. The van der Waals surface area contributed by atoms with Crippen LogP contribution >= 0.6 is 0 Å². The fourth-order valence-corrected chi connectivity index (χ4v) is 2.62. The molecule has 4 nitrogen and oxygen atoms in total. The van der Waals surface area contributed by atoms with Gasteiger partial charge in [-0.1, -0.05) is 25.5 Å². The lowest BCUT2D eigenvalue weighted by atomic mass is 10.1. The van der Waals surface area contributed by atoms with Gasteiger partial charge in [0.25, 0.3) is 0 Å². The smallest absolute Gasteiger partial charge is 0.244 e. The predicted octanol–water partition coefficient (Wildman–Crippen LogP) is 3.45. The van der Waals surface area contributed by atoms with Crippen molar-refractivity contribution in [2.45, 2.75) is 46.6 Å². The van der Waals surface area contributed by atoms with Crippen LogP contribution in [0.5, 0.6) is 0 Å². The zero-order chi connectivity index (χ0) is 16.8. The molecule has 0 aliphatic rings. The zero-order valence-corrected chi connectivity index (χ0v) is 14.1. The summed E-state index contributed by atoms with van der Waals surface area (Å²) in [6, 6.07) is 11.1. The topological polar surface area (TPSA) is 51.1 Å². The van der Waals surface area contributed by atoms with Crippen molar-refractivity contribution in [1.82, 2.24) is 4.57 Å². The van der Waals surface area contributed by atoms with Gasteiger partial charge in [0, 0.05) is 29.2 Å². The molecule has 2 aromatic rings. The highest BCUT2D eigenvalue weighted by Crippen LogP contribution is 2.12. The summed E-state index contributed by atoms with van der Waals surface area (Å²) in [7, 11) is 0. The van der Waals surface area contributed by atoms with E-state index in [-0.39, 0.29) is 17.9 Å². The van der Waals surface area contributed by atoms with Crippen LogP contribution in [0.2, 0.25) is 0 Å². The number of aryl methyl sites for hydroxylation is 3. The van der Waals surface area contributed by atoms with Gasteiger partial charge >= 0.3 is 0 Å². The zero-order valence-electron chi connectivity index (χ0n) is 14.1. The Kier molecular flexibility index (Phi) is 5.74. The van der Waals surface area contributed by atoms with Gasteiger partial charge in [0.1, 0.15) is 6.54 Å². The maximum Gasteiger partial charge on any atom is 0.244 e. The molecule has 0 unspecified atom stereocenters. The second-order valence-electron chi connectivity index (χ2n) is 5.91. The number of hydrogen-bond acceptors (Lipinski definition) is 2. The highest BCUT2D eigenvalue weighted by molar-refractivity contribution is 5.90. The quantitative estimate of drug-likeness (QED) is 0.888.